The van der Waals surface area contributed by atoms with Gasteiger partial charge in [0.2, 0.25) is 0 Å². The third-order valence-electron chi connectivity index (χ3n) is 4.52. The number of hydrogen-bond donors (Lipinski definition) is 1. The molecule has 0 fully saturated rings. The Labute approximate surface area is 163 Å². The second-order valence-corrected chi connectivity index (χ2v) is 6.61. The fourth-order valence-corrected chi connectivity index (χ4v) is 3.14. The number of aromatic carboxylic acids is 1. The molecule has 28 heavy (non-hydrogen) atoms. The zero-order valence-electron chi connectivity index (χ0n) is 15.2. The van der Waals surface area contributed by atoms with Crippen molar-refractivity contribution in [3.8, 4) is 5.75 Å². The molecular formula is C24H19NO3. The highest BCUT2D eigenvalue weighted by molar-refractivity contribution is 5.87. The standard InChI is InChI=1S/C24H19NO3/c26-24(27)20-8-3-5-17(14-20)13-18-6-4-9-22(15-18)28-16-21-12-11-19-7-1-2-10-23(19)25-21/h1-12,14-15H,13,16H2,(H,26,27). The molecule has 4 aromatic rings. The van der Waals surface area contributed by atoms with E-state index in [0.717, 1.165) is 33.5 Å². The number of para-hydroxylation sites is 1. The van der Waals surface area contributed by atoms with E-state index in [2.05, 4.69) is 4.98 Å². The molecule has 0 unspecified atom stereocenters. The fraction of sp³-hybridized carbons (Fsp3) is 0.0833. The molecule has 0 saturated heterocycles. The first-order valence-corrected chi connectivity index (χ1v) is 9.06. The summed E-state index contributed by atoms with van der Waals surface area (Å²) in [5.41, 5.74) is 4.14. The highest BCUT2D eigenvalue weighted by Gasteiger charge is 2.05. The first kappa shape index (κ1) is 17.7. The smallest absolute Gasteiger partial charge is 0.335 e. The Balaban J connectivity index is 1.46. The summed E-state index contributed by atoms with van der Waals surface area (Å²) in [6.45, 7) is 0.392. The summed E-state index contributed by atoms with van der Waals surface area (Å²) in [6, 6.07) is 26.9. The van der Waals surface area contributed by atoms with E-state index in [1.54, 1.807) is 18.2 Å². The minimum atomic E-state index is -0.915. The van der Waals surface area contributed by atoms with Crippen LogP contribution in [-0.2, 0) is 13.0 Å². The summed E-state index contributed by atoms with van der Waals surface area (Å²) in [7, 11) is 0. The first-order chi connectivity index (χ1) is 13.7. The van der Waals surface area contributed by atoms with Crippen molar-refractivity contribution < 1.29 is 14.6 Å². The molecular weight excluding hydrogens is 350 g/mol. The van der Waals surface area contributed by atoms with Crippen LogP contribution >= 0.6 is 0 Å². The minimum absolute atomic E-state index is 0.298. The lowest BCUT2D eigenvalue weighted by Gasteiger charge is -2.09. The van der Waals surface area contributed by atoms with Crippen LogP contribution in [0, 0.1) is 0 Å². The van der Waals surface area contributed by atoms with Crippen LogP contribution in [0.4, 0.5) is 0 Å². The Hall–Kier alpha value is -3.66. The van der Waals surface area contributed by atoms with Crippen LogP contribution in [0.1, 0.15) is 27.2 Å². The molecule has 4 rings (SSSR count). The van der Waals surface area contributed by atoms with E-state index in [0.29, 0.717) is 18.6 Å². The number of fused-ring (bicyclic) bond motifs is 1. The van der Waals surface area contributed by atoms with Crippen molar-refractivity contribution in [2.75, 3.05) is 0 Å². The molecule has 138 valence electrons. The van der Waals surface area contributed by atoms with E-state index in [1.165, 1.54) is 0 Å². The average Bonchev–Trinajstić information content (AvgIpc) is 2.72. The molecule has 1 N–H and O–H groups in total. The average molecular weight is 369 g/mol. The van der Waals surface area contributed by atoms with Gasteiger partial charge in [0.05, 0.1) is 16.8 Å². The summed E-state index contributed by atoms with van der Waals surface area (Å²) in [5, 5.41) is 10.2. The summed E-state index contributed by atoms with van der Waals surface area (Å²) < 4.78 is 5.92. The predicted molar refractivity (Wildman–Crippen MR) is 109 cm³/mol. The maximum Gasteiger partial charge on any atom is 0.335 e. The third-order valence-corrected chi connectivity index (χ3v) is 4.52. The number of benzene rings is 3. The van der Waals surface area contributed by atoms with Gasteiger partial charge in [0.25, 0.3) is 0 Å². The van der Waals surface area contributed by atoms with Crippen molar-refractivity contribution in [1.29, 1.82) is 0 Å². The molecule has 4 nitrogen and oxygen atoms in total. The minimum Gasteiger partial charge on any atom is -0.487 e. The quantitative estimate of drug-likeness (QED) is 0.513. The van der Waals surface area contributed by atoms with Crippen molar-refractivity contribution in [3.05, 3.63) is 107 Å². The Kier molecular flexibility index (Phi) is 5.02. The number of aromatic nitrogens is 1. The maximum absolute atomic E-state index is 11.1. The molecule has 0 saturated carbocycles. The molecule has 3 aromatic carbocycles. The number of nitrogens with zero attached hydrogens (tertiary/aromatic N) is 1. The Bertz CT molecular complexity index is 1140. The number of hydrogen-bond acceptors (Lipinski definition) is 3. The number of ether oxygens (including phenoxy) is 1. The summed E-state index contributed by atoms with van der Waals surface area (Å²) in [5.74, 6) is -0.149. The predicted octanol–water partition coefficient (Wildman–Crippen LogP) is 5.10. The summed E-state index contributed by atoms with van der Waals surface area (Å²) in [4.78, 5) is 15.8. The van der Waals surface area contributed by atoms with Crippen LogP contribution in [-0.4, -0.2) is 16.1 Å². The molecule has 1 heterocycles. The molecule has 0 amide bonds. The Morgan fingerprint density at radius 3 is 2.50 bits per heavy atom. The van der Waals surface area contributed by atoms with Gasteiger partial charge in [0.1, 0.15) is 12.4 Å². The Morgan fingerprint density at radius 1 is 0.857 bits per heavy atom. The van der Waals surface area contributed by atoms with Crippen LogP contribution in [0.15, 0.2) is 84.9 Å². The van der Waals surface area contributed by atoms with Crippen LogP contribution in [0.3, 0.4) is 0 Å². The number of carboxylic acids is 1. The highest BCUT2D eigenvalue weighted by Crippen LogP contribution is 2.19. The SMILES string of the molecule is O=C(O)c1cccc(Cc2cccc(OCc3ccc4ccccc4n3)c2)c1. The van der Waals surface area contributed by atoms with E-state index in [4.69, 9.17) is 9.84 Å². The maximum atomic E-state index is 11.1. The zero-order valence-corrected chi connectivity index (χ0v) is 15.2. The fourth-order valence-electron chi connectivity index (χ4n) is 3.14. The van der Waals surface area contributed by atoms with Crippen molar-refractivity contribution in [3.63, 3.8) is 0 Å². The van der Waals surface area contributed by atoms with E-state index in [9.17, 15) is 4.79 Å². The van der Waals surface area contributed by atoms with Gasteiger partial charge in [-0.25, -0.2) is 9.78 Å². The lowest BCUT2D eigenvalue weighted by atomic mass is 10.0. The summed E-state index contributed by atoms with van der Waals surface area (Å²) in [6.07, 6.45) is 0.645. The van der Waals surface area contributed by atoms with Gasteiger partial charge in [-0.05, 0) is 53.9 Å². The van der Waals surface area contributed by atoms with Gasteiger partial charge in [-0.1, -0.05) is 48.5 Å². The van der Waals surface area contributed by atoms with Gasteiger partial charge in [0, 0.05) is 5.39 Å². The van der Waals surface area contributed by atoms with Gasteiger partial charge >= 0.3 is 5.97 Å². The van der Waals surface area contributed by atoms with E-state index >= 15 is 0 Å². The molecule has 0 atom stereocenters. The molecule has 0 aliphatic heterocycles. The largest absolute Gasteiger partial charge is 0.487 e. The van der Waals surface area contributed by atoms with Crippen LogP contribution in [0.5, 0.6) is 5.75 Å². The lowest BCUT2D eigenvalue weighted by Crippen LogP contribution is -2.00. The molecule has 4 heteroatoms. The van der Waals surface area contributed by atoms with Crippen molar-refractivity contribution in [2.24, 2.45) is 0 Å². The van der Waals surface area contributed by atoms with Crippen molar-refractivity contribution in [1.82, 2.24) is 4.98 Å². The van der Waals surface area contributed by atoms with Gasteiger partial charge in [0.15, 0.2) is 0 Å². The molecule has 1 aromatic heterocycles. The van der Waals surface area contributed by atoms with Crippen LogP contribution in [0.2, 0.25) is 0 Å². The van der Waals surface area contributed by atoms with Crippen LogP contribution < -0.4 is 4.74 Å². The molecule has 0 radical (unpaired) electrons. The topological polar surface area (TPSA) is 59.4 Å². The number of carbonyl (C=O) groups is 1. The van der Waals surface area contributed by atoms with Gasteiger partial charge in [-0.3, -0.25) is 0 Å². The summed E-state index contributed by atoms with van der Waals surface area (Å²) >= 11 is 0. The second kappa shape index (κ2) is 7.92. The number of pyridine rings is 1. The zero-order chi connectivity index (χ0) is 19.3. The van der Waals surface area contributed by atoms with Crippen LogP contribution in [0.25, 0.3) is 10.9 Å². The molecule has 0 spiro atoms. The highest BCUT2D eigenvalue weighted by atomic mass is 16.5. The van der Waals surface area contributed by atoms with Gasteiger partial charge in [-0.2, -0.15) is 0 Å². The van der Waals surface area contributed by atoms with E-state index < -0.39 is 5.97 Å². The second-order valence-electron chi connectivity index (χ2n) is 6.61. The van der Waals surface area contributed by atoms with Crippen molar-refractivity contribution >= 4 is 16.9 Å². The molecule has 0 bridgehead atoms. The first-order valence-electron chi connectivity index (χ1n) is 9.06. The molecule has 0 aliphatic carbocycles. The van der Waals surface area contributed by atoms with Gasteiger partial charge < -0.3 is 9.84 Å². The lowest BCUT2D eigenvalue weighted by molar-refractivity contribution is 0.0696. The third kappa shape index (κ3) is 4.18. The van der Waals surface area contributed by atoms with E-state index in [-0.39, 0.29) is 0 Å². The normalized spacial score (nSPS) is 10.7. The monoisotopic (exact) mass is 369 g/mol. The number of carboxylic acid groups (broad SMARTS) is 1. The molecule has 0 aliphatic rings. The van der Waals surface area contributed by atoms with E-state index in [1.807, 2.05) is 66.7 Å². The number of rotatable bonds is 6. The Morgan fingerprint density at radius 2 is 1.64 bits per heavy atom. The van der Waals surface area contributed by atoms with Crippen molar-refractivity contribution in [2.45, 2.75) is 13.0 Å². The van der Waals surface area contributed by atoms with Gasteiger partial charge in [-0.15, -0.1) is 0 Å².